The number of carbonyl (C=O) groups is 3. The molecule has 0 aliphatic rings. The van der Waals surface area contributed by atoms with E-state index in [4.69, 9.17) is 4.74 Å². The maximum absolute atomic E-state index is 12.0. The van der Waals surface area contributed by atoms with E-state index in [0.29, 0.717) is 5.56 Å². The first kappa shape index (κ1) is 20.2. The van der Waals surface area contributed by atoms with Crippen LogP contribution < -0.4 is 5.32 Å². The predicted molar refractivity (Wildman–Crippen MR) is 101 cm³/mol. The van der Waals surface area contributed by atoms with E-state index in [0.717, 1.165) is 11.1 Å². The van der Waals surface area contributed by atoms with Crippen molar-refractivity contribution in [3.63, 3.8) is 0 Å². The zero-order valence-corrected chi connectivity index (χ0v) is 15.9. The fraction of sp³-hybridized carbons (Fsp3) is 0.286. The molecule has 0 fully saturated rings. The van der Waals surface area contributed by atoms with Crippen LogP contribution in [0.15, 0.2) is 42.5 Å². The van der Waals surface area contributed by atoms with Gasteiger partial charge in [0.1, 0.15) is 0 Å². The van der Waals surface area contributed by atoms with Crippen LogP contribution in [0.4, 0.5) is 0 Å². The summed E-state index contributed by atoms with van der Waals surface area (Å²) in [5, 5.41) is 2.80. The van der Waals surface area contributed by atoms with Crippen LogP contribution in [0.5, 0.6) is 0 Å². The van der Waals surface area contributed by atoms with Crippen molar-refractivity contribution in [3.8, 4) is 0 Å². The van der Waals surface area contributed by atoms with Crippen LogP contribution in [0, 0.1) is 13.8 Å². The largest absolute Gasteiger partial charge is 0.465 e. The molecule has 0 aliphatic carbocycles. The number of carbonyl (C=O) groups excluding carboxylic acids is 3. The minimum Gasteiger partial charge on any atom is -0.465 e. The minimum absolute atomic E-state index is 0.199. The van der Waals surface area contributed by atoms with Gasteiger partial charge in [0.05, 0.1) is 24.3 Å². The molecule has 2 aromatic carbocycles. The molecule has 6 nitrogen and oxygen atoms in total. The number of nitrogens with one attached hydrogen (secondary N) is 1. The molecular weight excluding hydrogens is 346 g/mol. The Kier molecular flexibility index (Phi) is 6.71. The zero-order chi connectivity index (χ0) is 20.0. The lowest BCUT2D eigenvalue weighted by molar-refractivity contribution is -0.124. The molecule has 142 valence electrons. The second kappa shape index (κ2) is 8.98. The van der Waals surface area contributed by atoms with E-state index in [9.17, 15) is 14.4 Å². The van der Waals surface area contributed by atoms with Crippen molar-refractivity contribution >= 4 is 17.8 Å². The maximum Gasteiger partial charge on any atom is 0.338 e. The Balaban J connectivity index is 1.88. The van der Waals surface area contributed by atoms with Crippen LogP contribution in [0.2, 0.25) is 0 Å². The number of hydrogen-bond acceptors (Lipinski definition) is 5. The highest BCUT2D eigenvalue weighted by molar-refractivity contribution is 5.94. The van der Waals surface area contributed by atoms with Crippen LogP contribution in [0.3, 0.4) is 0 Å². The summed E-state index contributed by atoms with van der Waals surface area (Å²) in [7, 11) is 1.28. The first-order valence-corrected chi connectivity index (χ1v) is 8.54. The lowest BCUT2D eigenvalue weighted by Gasteiger charge is -2.15. The van der Waals surface area contributed by atoms with Crippen molar-refractivity contribution in [2.24, 2.45) is 0 Å². The molecule has 0 radical (unpaired) electrons. The third-order valence-corrected chi connectivity index (χ3v) is 4.28. The fourth-order valence-corrected chi connectivity index (χ4v) is 2.48. The quantitative estimate of drug-likeness (QED) is 0.791. The Bertz CT molecular complexity index is 842. The van der Waals surface area contributed by atoms with Gasteiger partial charge in [-0.15, -0.1) is 0 Å². The van der Waals surface area contributed by atoms with Gasteiger partial charge in [0.2, 0.25) is 0 Å². The second-order valence-electron chi connectivity index (χ2n) is 6.28. The van der Waals surface area contributed by atoms with E-state index in [1.54, 1.807) is 0 Å². The van der Waals surface area contributed by atoms with Crippen LogP contribution in [-0.4, -0.2) is 31.6 Å². The van der Waals surface area contributed by atoms with E-state index in [2.05, 4.69) is 10.1 Å². The lowest BCUT2D eigenvalue weighted by Crippen LogP contribution is -2.31. The summed E-state index contributed by atoms with van der Waals surface area (Å²) in [6.45, 7) is 5.53. The third-order valence-electron chi connectivity index (χ3n) is 4.28. The third kappa shape index (κ3) is 5.41. The van der Waals surface area contributed by atoms with Crippen LogP contribution in [0.1, 0.15) is 50.4 Å². The van der Waals surface area contributed by atoms with Gasteiger partial charge in [-0.3, -0.25) is 4.79 Å². The maximum atomic E-state index is 12.0. The average Bonchev–Trinajstić information content (AvgIpc) is 2.67. The van der Waals surface area contributed by atoms with Gasteiger partial charge in [-0.2, -0.15) is 0 Å². The predicted octanol–water partition coefficient (Wildman–Crippen LogP) is 3.12. The molecule has 1 N–H and O–H groups in total. The molecule has 0 aromatic heterocycles. The average molecular weight is 369 g/mol. The highest BCUT2D eigenvalue weighted by Crippen LogP contribution is 2.16. The number of ether oxygens (including phenoxy) is 2. The van der Waals surface area contributed by atoms with Crippen molar-refractivity contribution in [2.75, 3.05) is 13.7 Å². The summed E-state index contributed by atoms with van der Waals surface area (Å²) in [6, 6.07) is 11.6. The number of aryl methyl sites for hydroxylation is 2. The lowest BCUT2D eigenvalue weighted by atomic mass is 10.0. The molecule has 0 saturated carbocycles. The molecular formula is C21H23NO5. The van der Waals surface area contributed by atoms with E-state index in [1.807, 2.05) is 39.0 Å². The summed E-state index contributed by atoms with van der Waals surface area (Å²) in [5.74, 6) is -1.52. The molecule has 1 amide bonds. The first-order chi connectivity index (χ1) is 12.8. The van der Waals surface area contributed by atoms with Gasteiger partial charge in [-0.05, 0) is 61.7 Å². The van der Waals surface area contributed by atoms with Crippen LogP contribution in [-0.2, 0) is 14.3 Å². The van der Waals surface area contributed by atoms with Gasteiger partial charge in [0, 0.05) is 0 Å². The molecule has 0 aliphatic heterocycles. The Morgan fingerprint density at radius 1 is 0.926 bits per heavy atom. The Morgan fingerprint density at radius 2 is 1.52 bits per heavy atom. The number of hydrogen-bond donors (Lipinski definition) is 1. The van der Waals surface area contributed by atoms with Crippen LogP contribution in [0.25, 0.3) is 0 Å². The number of amides is 1. The molecule has 6 heteroatoms. The molecule has 2 rings (SSSR count). The summed E-state index contributed by atoms with van der Waals surface area (Å²) in [4.78, 5) is 35.4. The van der Waals surface area contributed by atoms with Crippen molar-refractivity contribution in [1.82, 2.24) is 5.32 Å². The molecule has 0 saturated heterocycles. The summed E-state index contributed by atoms with van der Waals surface area (Å²) in [5.41, 5.74) is 3.89. The van der Waals surface area contributed by atoms with E-state index < -0.39 is 11.9 Å². The smallest absolute Gasteiger partial charge is 0.338 e. The van der Waals surface area contributed by atoms with E-state index >= 15 is 0 Å². The molecule has 0 spiro atoms. The van der Waals surface area contributed by atoms with E-state index in [-0.39, 0.29) is 24.1 Å². The minimum atomic E-state index is -0.639. The van der Waals surface area contributed by atoms with Gasteiger partial charge in [-0.25, -0.2) is 9.59 Å². The first-order valence-electron chi connectivity index (χ1n) is 8.54. The van der Waals surface area contributed by atoms with Crippen molar-refractivity contribution in [3.05, 3.63) is 70.3 Å². The Morgan fingerprint density at radius 3 is 2.07 bits per heavy atom. The zero-order valence-electron chi connectivity index (χ0n) is 15.9. The highest BCUT2D eigenvalue weighted by Gasteiger charge is 2.14. The van der Waals surface area contributed by atoms with Gasteiger partial charge in [-0.1, -0.05) is 18.2 Å². The van der Waals surface area contributed by atoms with Gasteiger partial charge < -0.3 is 14.8 Å². The van der Waals surface area contributed by atoms with Crippen molar-refractivity contribution < 1.29 is 23.9 Å². The summed E-state index contributed by atoms with van der Waals surface area (Å²) in [6.07, 6.45) is 0. The van der Waals surface area contributed by atoms with Crippen LogP contribution >= 0.6 is 0 Å². The summed E-state index contributed by atoms with van der Waals surface area (Å²) < 4.78 is 9.62. The summed E-state index contributed by atoms with van der Waals surface area (Å²) >= 11 is 0. The van der Waals surface area contributed by atoms with Gasteiger partial charge >= 0.3 is 11.9 Å². The molecule has 0 bridgehead atoms. The topological polar surface area (TPSA) is 81.7 Å². The molecule has 1 atom stereocenters. The molecule has 0 heterocycles. The SMILES string of the molecule is COC(=O)c1ccc(C(=O)OCC(=O)NC(C)c2ccc(C)c(C)c2)cc1. The highest BCUT2D eigenvalue weighted by atomic mass is 16.5. The molecule has 27 heavy (non-hydrogen) atoms. The number of methoxy groups -OCH3 is 1. The molecule has 2 aromatic rings. The number of rotatable bonds is 6. The molecule has 1 unspecified atom stereocenters. The number of benzene rings is 2. The Hall–Kier alpha value is -3.15. The second-order valence-corrected chi connectivity index (χ2v) is 6.28. The van der Waals surface area contributed by atoms with Gasteiger partial charge in [0.15, 0.2) is 6.61 Å². The Labute approximate surface area is 158 Å². The fourth-order valence-electron chi connectivity index (χ4n) is 2.48. The van der Waals surface area contributed by atoms with Crippen molar-refractivity contribution in [2.45, 2.75) is 26.8 Å². The van der Waals surface area contributed by atoms with Crippen molar-refractivity contribution in [1.29, 1.82) is 0 Å². The number of esters is 2. The normalized spacial score (nSPS) is 11.4. The standard InChI is InChI=1S/C21H23NO5/c1-13-5-6-18(11-14(13)2)15(3)22-19(23)12-27-21(25)17-9-7-16(8-10-17)20(24)26-4/h5-11,15H,12H2,1-4H3,(H,22,23). The van der Waals surface area contributed by atoms with Gasteiger partial charge in [0.25, 0.3) is 5.91 Å². The monoisotopic (exact) mass is 369 g/mol. The van der Waals surface area contributed by atoms with E-state index in [1.165, 1.54) is 36.9 Å².